The molecule has 0 aliphatic carbocycles. The summed E-state index contributed by atoms with van der Waals surface area (Å²) in [5, 5.41) is 0. The van der Waals surface area contributed by atoms with Crippen LogP contribution in [0.3, 0.4) is 0 Å². The fourth-order valence-electron chi connectivity index (χ4n) is 3.58. The summed E-state index contributed by atoms with van der Waals surface area (Å²) in [6.07, 6.45) is 6.54. The van der Waals surface area contributed by atoms with Crippen molar-refractivity contribution < 1.29 is 0 Å². The Morgan fingerprint density at radius 1 is 0.929 bits per heavy atom. The van der Waals surface area contributed by atoms with Crippen molar-refractivity contribution in [3.05, 3.63) is 89.3 Å². The van der Waals surface area contributed by atoms with E-state index in [4.69, 9.17) is 4.98 Å². The third-order valence-corrected chi connectivity index (χ3v) is 6.15. The topological polar surface area (TPSA) is 41.9 Å². The quantitative estimate of drug-likeness (QED) is 0.506. The third-order valence-electron chi connectivity index (χ3n) is 5.03. The highest BCUT2D eigenvalue weighted by Gasteiger charge is 2.19. The van der Waals surface area contributed by atoms with Gasteiger partial charge < -0.3 is 0 Å². The Labute approximate surface area is 168 Å². The maximum Gasteiger partial charge on any atom is 0.160 e. The third kappa shape index (κ3) is 3.59. The van der Waals surface area contributed by atoms with Crippen molar-refractivity contribution in [1.29, 1.82) is 0 Å². The van der Waals surface area contributed by atoms with E-state index in [-0.39, 0.29) is 0 Å². The van der Waals surface area contributed by atoms with Crippen LogP contribution in [0.2, 0.25) is 0 Å². The lowest BCUT2D eigenvalue weighted by Crippen LogP contribution is -2.30. The van der Waals surface area contributed by atoms with E-state index < -0.39 is 0 Å². The molecule has 3 aromatic heterocycles. The van der Waals surface area contributed by atoms with Gasteiger partial charge in [-0.1, -0.05) is 30.3 Å². The summed E-state index contributed by atoms with van der Waals surface area (Å²) < 4.78 is 0. The summed E-state index contributed by atoms with van der Waals surface area (Å²) in [7, 11) is 0. The first-order valence-corrected chi connectivity index (χ1v) is 10.3. The Kier molecular flexibility index (Phi) is 4.69. The fourth-order valence-corrected chi connectivity index (χ4v) is 4.64. The Bertz CT molecular complexity index is 1080. The van der Waals surface area contributed by atoms with Gasteiger partial charge in [-0.05, 0) is 29.8 Å². The maximum absolute atomic E-state index is 4.79. The normalized spacial score (nSPS) is 14.0. The second-order valence-electron chi connectivity index (χ2n) is 7.00. The zero-order valence-electron chi connectivity index (χ0n) is 15.5. The van der Waals surface area contributed by atoms with Crippen LogP contribution >= 0.6 is 11.3 Å². The molecule has 138 valence electrons. The molecule has 5 heteroatoms. The monoisotopic (exact) mass is 384 g/mol. The molecule has 0 N–H and O–H groups in total. The van der Waals surface area contributed by atoms with Gasteiger partial charge in [0, 0.05) is 65.5 Å². The molecule has 4 nitrogen and oxygen atoms in total. The Balaban J connectivity index is 1.30. The van der Waals surface area contributed by atoms with Crippen molar-refractivity contribution in [3.63, 3.8) is 0 Å². The molecule has 0 amide bonds. The molecule has 0 unspecified atom stereocenters. The molecule has 0 fully saturated rings. The van der Waals surface area contributed by atoms with E-state index in [0.717, 1.165) is 37.4 Å². The fraction of sp³-hybridized carbons (Fsp3) is 0.174. The van der Waals surface area contributed by atoms with Gasteiger partial charge in [-0.2, -0.15) is 0 Å². The first-order valence-electron chi connectivity index (χ1n) is 9.47. The Morgan fingerprint density at radius 3 is 2.68 bits per heavy atom. The SMILES string of the molecule is c1ccc(-c2ccc(CN3CCc4nc(-c5cccnc5)ncc4C3)s2)cc1. The molecule has 1 aromatic carbocycles. The molecule has 0 atom stereocenters. The molecule has 28 heavy (non-hydrogen) atoms. The van der Waals surface area contributed by atoms with Crippen LogP contribution in [0.4, 0.5) is 0 Å². The number of pyridine rings is 1. The molecule has 0 spiro atoms. The lowest BCUT2D eigenvalue weighted by Gasteiger charge is -2.27. The van der Waals surface area contributed by atoms with Crippen LogP contribution in [0.1, 0.15) is 16.1 Å². The van der Waals surface area contributed by atoms with Crippen molar-refractivity contribution in [3.8, 4) is 21.8 Å². The number of hydrogen-bond acceptors (Lipinski definition) is 5. The second-order valence-corrected chi connectivity index (χ2v) is 8.17. The van der Waals surface area contributed by atoms with Crippen molar-refractivity contribution in [2.45, 2.75) is 19.5 Å². The summed E-state index contributed by atoms with van der Waals surface area (Å²) in [5.74, 6) is 0.769. The zero-order valence-corrected chi connectivity index (χ0v) is 16.3. The van der Waals surface area contributed by atoms with E-state index in [0.29, 0.717) is 0 Å². The van der Waals surface area contributed by atoms with Crippen LogP contribution in [0.15, 0.2) is 73.2 Å². The van der Waals surface area contributed by atoms with Gasteiger partial charge in [0.1, 0.15) is 0 Å². The molecule has 0 saturated carbocycles. The van der Waals surface area contributed by atoms with Gasteiger partial charge in [0.05, 0.1) is 5.69 Å². The standard InChI is InChI=1S/C23H20N4S/c1-2-5-17(6-3-1)22-9-8-20(28-22)16-27-12-10-21-19(15-27)14-25-23(26-21)18-7-4-11-24-13-18/h1-9,11,13-14H,10,12,15-16H2. The van der Waals surface area contributed by atoms with Gasteiger partial charge in [0.25, 0.3) is 0 Å². The van der Waals surface area contributed by atoms with Gasteiger partial charge in [-0.15, -0.1) is 11.3 Å². The minimum Gasteiger partial charge on any atom is -0.293 e. The highest BCUT2D eigenvalue weighted by molar-refractivity contribution is 7.15. The number of benzene rings is 1. The van der Waals surface area contributed by atoms with Crippen LogP contribution in [-0.4, -0.2) is 26.4 Å². The summed E-state index contributed by atoms with van der Waals surface area (Å²) in [6, 6.07) is 19.0. The predicted octanol–water partition coefficient (Wildman–Crippen LogP) is 4.83. The predicted molar refractivity (Wildman–Crippen MR) is 113 cm³/mol. The first-order chi connectivity index (χ1) is 13.8. The number of fused-ring (bicyclic) bond motifs is 1. The zero-order chi connectivity index (χ0) is 18.8. The molecular weight excluding hydrogens is 364 g/mol. The van der Waals surface area contributed by atoms with Gasteiger partial charge in [-0.3, -0.25) is 9.88 Å². The molecule has 1 aliphatic rings. The minimum absolute atomic E-state index is 0.769. The largest absolute Gasteiger partial charge is 0.293 e. The van der Waals surface area contributed by atoms with Crippen molar-refractivity contribution >= 4 is 11.3 Å². The van der Waals surface area contributed by atoms with Crippen LogP contribution in [0, 0.1) is 0 Å². The molecule has 0 bridgehead atoms. The summed E-state index contributed by atoms with van der Waals surface area (Å²) in [5.41, 5.74) is 4.67. The maximum atomic E-state index is 4.79. The van der Waals surface area contributed by atoms with Crippen LogP contribution in [0.25, 0.3) is 21.8 Å². The highest BCUT2D eigenvalue weighted by atomic mass is 32.1. The smallest absolute Gasteiger partial charge is 0.160 e. The number of rotatable bonds is 4. The van der Waals surface area contributed by atoms with Gasteiger partial charge in [-0.25, -0.2) is 9.97 Å². The van der Waals surface area contributed by atoms with Gasteiger partial charge >= 0.3 is 0 Å². The van der Waals surface area contributed by atoms with Crippen molar-refractivity contribution in [2.24, 2.45) is 0 Å². The van der Waals surface area contributed by atoms with Crippen LogP contribution in [0.5, 0.6) is 0 Å². The number of thiophene rings is 1. The highest BCUT2D eigenvalue weighted by Crippen LogP contribution is 2.30. The molecular formula is C23H20N4S. The van der Waals surface area contributed by atoms with Gasteiger partial charge in [0.15, 0.2) is 5.82 Å². The number of aromatic nitrogens is 3. The molecule has 4 aromatic rings. The van der Waals surface area contributed by atoms with Crippen molar-refractivity contribution in [1.82, 2.24) is 19.9 Å². The van der Waals surface area contributed by atoms with Gasteiger partial charge in [0.2, 0.25) is 0 Å². The lowest BCUT2D eigenvalue weighted by molar-refractivity contribution is 0.245. The first kappa shape index (κ1) is 17.2. The average molecular weight is 385 g/mol. The second kappa shape index (κ2) is 7.62. The molecule has 5 rings (SSSR count). The van der Waals surface area contributed by atoms with E-state index in [9.17, 15) is 0 Å². The summed E-state index contributed by atoms with van der Waals surface area (Å²) >= 11 is 1.88. The Morgan fingerprint density at radius 2 is 1.82 bits per heavy atom. The molecule has 0 saturated heterocycles. The van der Waals surface area contributed by atoms with E-state index in [1.807, 2.05) is 35.9 Å². The van der Waals surface area contributed by atoms with E-state index >= 15 is 0 Å². The summed E-state index contributed by atoms with van der Waals surface area (Å²) in [6.45, 7) is 2.90. The average Bonchev–Trinajstić information content (AvgIpc) is 3.23. The van der Waals surface area contributed by atoms with Crippen molar-refractivity contribution in [2.75, 3.05) is 6.54 Å². The Hall–Kier alpha value is -2.89. The van der Waals surface area contributed by atoms with E-state index in [1.165, 1.54) is 26.6 Å². The number of nitrogens with zero attached hydrogens (tertiary/aromatic N) is 4. The molecule has 1 aliphatic heterocycles. The van der Waals surface area contributed by atoms with Crippen LogP contribution < -0.4 is 0 Å². The van der Waals surface area contributed by atoms with E-state index in [2.05, 4.69) is 57.3 Å². The lowest BCUT2D eigenvalue weighted by atomic mass is 10.1. The minimum atomic E-state index is 0.769. The summed E-state index contributed by atoms with van der Waals surface area (Å²) in [4.78, 5) is 18.7. The molecule has 0 radical (unpaired) electrons. The molecule has 4 heterocycles. The number of hydrogen-bond donors (Lipinski definition) is 0. The van der Waals surface area contributed by atoms with E-state index in [1.54, 1.807) is 6.20 Å². The van der Waals surface area contributed by atoms with Crippen LogP contribution in [-0.2, 0) is 19.5 Å².